The molecule has 0 aliphatic carbocycles. The summed E-state index contributed by atoms with van der Waals surface area (Å²) in [6, 6.07) is 6.56. The van der Waals surface area contributed by atoms with Crippen molar-refractivity contribution >= 4 is 16.8 Å². The van der Waals surface area contributed by atoms with Crippen molar-refractivity contribution in [1.29, 1.82) is 0 Å². The molecule has 0 radical (unpaired) electrons. The molecule has 1 amide bonds. The van der Waals surface area contributed by atoms with Crippen LogP contribution in [0.2, 0.25) is 0 Å². The molecule has 3 aromatic rings. The Morgan fingerprint density at radius 3 is 3.20 bits per heavy atom. The number of carbonyl (C=O) groups is 1. The van der Waals surface area contributed by atoms with Crippen molar-refractivity contribution in [2.45, 2.75) is 26.3 Å². The Kier molecular flexibility index (Phi) is 3.91. The summed E-state index contributed by atoms with van der Waals surface area (Å²) in [5, 5.41) is 4.63. The van der Waals surface area contributed by atoms with Crippen molar-refractivity contribution in [3.8, 4) is 5.88 Å². The lowest BCUT2D eigenvalue weighted by Gasteiger charge is -2.18. The van der Waals surface area contributed by atoms with Gasteiger partial charge in [-0.15, -0.1) is 0 Å². The highest BCUT2D eigenvalue weighted by Crippen LogP contribution is 2.29. The number of amides is 1. The fourth-order valence-electron chi connectivity index (χ4n) is 3.33. The monoisotopic (exact) mass is 343 g/mol. The van der Waals surface area contributed by atoms with Crippen LogP contribution in [-0.2, 0) is 13.0 Å². The summed E-state index contributed by atoms with van der Waals surface area (Å²) in [6.07, 6.45) is 1.60. The van der Waals surface area contributed by atoms with Gasteiger partial charge in [-0.25, -0.2) is 4.39 Å². The number of benzene rings is 1. The molecule has 4 rings (SSSR count). The van der Waals surface area contributed by atoms with E-state index in [2.05, 4.69) is 10.1 Å². The molecule has 7 heteroatoms. The Labute approximate surface area is 143 Å². The SMILES string of the molecule is CCOc1cc(C(=O)N2CCCc3c([nH]c4c(F)cccc34)C2)on1. The second-order valence-electron chi connectivity index (χ2n) is 6.04. The van der Waals surface area contributed by atoms with Crippen molar-refractivity contribution in [1.82, 2.24) is 15.0 Å². The number of H-pyrrole nitrogens is 1. The van der Waals surface area contributed by atoms with Gasteiger partial charge in [0.05, 0.1) is 24.7 Å². The van der Waals surface area contributed by atoms with Gasteiger partial charge in [0, 0.05) is 17.6 Å². The maximum Gasteiger partial charge on any atom is 0.292 e. The zero-order chi connectivity index (χ0) is 17.4. The Morgan fingerprint density at radius 1 is 1.48 bits per heavy atom. The van der Waals surface area contributed by atoms with E-state index in [-0.39, 0.29) is 17.5 Å². The van der Waals surface area contributed by atoms with Crippen LogP contribution in [0.25, 0.3) is 10.9 Å². The van der Waals surface area contributed by atoms with E-state index in [9.17, 15) is 9.18 Å². The van der Waals surface area contributed by atoms with Crippen LogP contribution in [-0.4, -0.2) is 34.1 Å². The first-order chi connectivity index (χ1) is 12.2. The number of rotatable bonds is 3. The highest BCUT2D eigenvalue weighted by atomic mass is 19.1. The standard InChI is InChI=1S/C18H18FN3O3/c1-2-24-16-9-15(25-21-16)18(23)22-8-4-6-11-12-5-3-7-13(19)17(12)20-14(11)10-22/h3,5,7,9,20H,2,4,6,8,10H2,1H3. The van der Waals surface area contributed by atoms with Crippen LogP contribution in [0, 0.1) is 5.82 Å². The number of ether oxygens (including phenoxy) is 1. The van der Waals surface area contributed by atoms with Crippen LogP contribution in [0.15, 0.2) is 28.8 Å². The number of aryl methyl sites for hydroxylation is 1. The molecule has 3 heterocycles. The first-order valence-electron chi connectivity index (χ1n) is 8.34. The van der Waals surface area contributed by atoms with E-state index in [0.717, 1.165) is 29.5 Å². The van der Waals surface area contributed by atoms with Gasteiger partial charge in [0.2, 0.25) is 5.76 Å². The molecule has 2 aromatic heterocycles. The Bertz CT molecular complexity index is 931. The Balaban J connectivity index is 1.63. The minimum absolute atomic E-state index is 0.147. The number of nitrogens with one attached hydrogen (secondary N) is 1. The summed E-state index contributed by atoms with van der Waals surface area (Å²) >= 11 is 0. The lowest BCUT2D eigenvalue weighted by molar-refractivity contribution is 0.0701. The molecular weight excluding hydrogens is 325 g/mol. The minimum Gasteiger partial charge on any atom is -0.476 e. The third kappa shape index (κ3) is 2.75. The number of aromatic nitrogens is 2. The summed E-state index contributed by atoms with van der Waals surface area (Å²) in [4.78, 5) is 17.5. The summed E-state index contributed by atoms with van der Waals surface area (Å²) in [5.41, 5.74) is 2.45. The van der Waals surface area contributed by atoms with E-state index < -0.39 is 0 Å². The fourth-order valence-corrected chi connectivity index (χ4v) is 3.33. The first-order valence-corrected chi connectivity index (χ1v) is 8.34. The second kappa shape index (κ2) is 6.23. The van der Waals surface area contributed by atoms with Crippen LogP contribution in [0.5, 0.6) is 5.88 Å². The van der Waals surface area contributed by atoms with E-state index in [1.165, 1.54) is 12.1 Å². The molecule has 0 saturated heterocycles. The number of nitrogens with zero attached hydrogens (tertiary/aromatic N) is 2. The van der Waals surface area contributed by atoms with Gasteiger partial charge in [0.25, 0.3) is 11.8 Å². The molecule has 1 aliphatic rings. The Hall–Kier alpha value is -2.83. The van der Waals surface area contributed by atoms with Gasteiger partial charge in [0.1, 0.15) is 5.82 Å². The number of aromatic amines is 1. The van der Waals surface area contributed by atoms with Crippen molar-refractivity contribution in [3.63, 3.8) is 0 Å². The predicted molar refractivity (Wildman–Crippen MR) is 89.0 cm³/mol. The topological polar surface area (TPSA) is 71.4 Å². The zero-order valence-electron chi connectivity index (χ0n) is 13.8. The maximum atomic E-state index is 14.0. The van der Waals surface area contributed by atoms with Gasteiger partial charge < -0.3 is 19.1 Å². The second-order valence-corrected chi connectivity index (χ2v) is 6.04. The molecule has 130 valence electrons. The predicted octanol–water partition coefficient (Wildman–Crippen LogP) is 3.28. The maximum absolute atomic E-state index is 14.0. The van der Waals surface area contributed by atoms with Gasteiger partial charge in [-0.3, -0.25) is 4.79 Å². The molecule has 0 unspecified atom stereocenters. The van der Waals surface area contributed by atoms with Gasteiger partial charge >= 0.3 is 0 Å². The average Bonchev–Trinajstić information content (AvgIpc) is 3.14. The van der Waals surface area contributed by atoms with Gasteiger partial charge in [-0.1, -0.05) is 12.1 Å². The number of carbonyl (C=O) groups excluding carboxylic acids is 1. The summed E-state index contributed by atoms with van der Waals surface area (Å²) in [7, 11) is 0. The molecule has 0 fully saturated rings. The lowest BCUT2D eigenvalue weighted by Crippen LogP contribution is -2.30. The fraction of sp³-hybridized carbons (Fsp3) is 0.333. The number of fused-ring (bicyclic) bond motifs is 3. The van der Waals surface area contributed by atoms with E-state index in [0.29, 0.717) is 31.1 Å². The van der Waals surface area contributed by atoms with E-state index >= 15 is 0 Å². The smallest absolute Gasteiger partial charge is 0.292 e. The van der Waals surface area contributed by atoms with E-state index in [4.69, 9.17) is 9.26 Å². The largest absolute Gasteiger partial charge is 0.476 e. The summed E-state index contributed by atoms with van der Waals surface area (Å²) in [6.45, 7) is 3.27. The normalized spacial score (nSPS) is 14.4. The zero-order valence-corrected chi connectivity index (χ0v) is 13.8. The van der Waals surface area contributed by atoms with Crippen molar-refractivity contribution in [3.05, 3.63) is 47.1 Å². The third-order valence-electron chi connectivity index (χ3n) is 4.46. The first kappa shape index (κ1) is 15.7. The number of hydrogen-bond acceptors (Lipinski definition) is 4. The van der Waals surface area contributed by atoms with Crippen molar-refractivity contribution < 1.29 is 18.4 Å². The number of halogens is 1. The van der Waals surface area contributed by atoms with Crippen molar-refractivity contribution in [2.24, 2.45) is 0 Å². The molecule has 1 aromatic carbocycles. The van der Waals surface area contributed by atoms with Gasteiger partial charge in [-0.05, 0) is 36.6 Å². The van der Waals surface area contributed by atoms with Crippen LogP contribution < -0.4 is 4.74 Å². The molecule has 1 aliphatic heterocycles. The summed E-state index contributed by atoms with van der Waals surface area (Å²) < 4.78 is 24.4. The van der Waals surface area contributed by atoms with Gasteiger partial charge in [-0.2, -0.15) is 0 Å². The molecule has 0 spiro atoms. The molecule has 0 bridgehead atoms. The molecule has 6 nitrogen and oxygen atoms in total. The highest BCUT2D eigenvalue weighted by Gasteiger charge is 2.26. The highest BCUT2D eigenvalue weighted by molar-refractivity contribution is 5.92. The molecule has 25 heavy (non-hydrogen) atoms. The molecular formula is C18H18FN3O3. The summed E-state index contributed by atoms with van der Waals surface area (Å²) in [5.74, 6) is -0.0753. The van der Waals surface area contributed by atoms with Crippen LogP contribution in [0.1, 0.15) is 35.2 Å². The van der Waals surface area contributed by atoms with Gasteiger partial charge in [0.15, 0.2) is 0 Å². The van der Waals surface area contributed by atoms with Crippen LogP contribution in [0.3, 0.4) is 0 Å². The number of para-hydroxylation sites is 1. The Morgan fingerprint density at radius 2 is 2.36 bits per heavy atom. The quantitative estimate of drug-likeness (QED) is 0.792. The van der Waals surface area contributed by atoms with E-state index in [1.54, 1.807) is 11.0 Å². The third-order valence-corrected chi connectivity index (χ3v) is 4.46. The van der Waals surface area contributed by atoms with E-state index in [1.807, 2.05) is 13.0 Å². The molecule has 0 saturated carbocycles. The van der Waals surface area contributed by atoms with Crippen molar-refractivity contribution in [2.75, 3.05) is 13.2 Å². The minimum atomic E-state index is -0.278. The molecule has 0 atom stereocenters. The average molecular weight is 343 g/mol. The lowest BCUT2D eigenvalue weighted by atomic mass is 10.1. The van der Waals surface area contributed by atoms with Crippen LogP contribution in [0.4, 0.5) is 4.39 Å². The molecule has 1 N–H and O–H groups in total. The van der Waals surface area contributed by atoms with Crippen LogP contribution >= 0.6 is 0 Å². The number of hydrogen-bond donors (Lipinski definition) is 1.